The van der Waals surface area contributed by atoms with Crippen molar-refractivity contribution in [1.29, 1.82) is 0 Å². The lowest BCUT2D eigenvalue weighted by atomic mass is 10.1. The molecule has 0 atom stereocenters. The molecule has 1 amide bonds. The van der Waals surface area contributed by atoms with Gasteiger partial charge in [-0.05, 0) is 47.2 Å². The smallest absolute Gasteiger partial charge is 0.262 e. The summed E-state index contributed by atoms with van der Waals surface area (Å²) in [5.74, 6) is -1.90. The average Bonchev–Trinajstić information content (AvgIpc) is 2.56. The highest BCUT2D eigenvalue weighted by Gasteiger charge is 2.07. The van der Waals surface area contributed by atoms with E-state index in [9.17, 15) is 13.6 Å². The van der Waals surface area contributed by atoms with E-state index in [0.717, 1.165) is 27.4 Å². The van der Waals surface area contributed by atoms with Crippen LogP contribution in [-0.2, 0) is 4.79 Å². The van der Waals surface area contributed by atoms with Crippen LogP contribution in [0.15, 0.2) is 59.1 Å². The first-order valence-electron chi connectivity index (χ1n) is 7.08. The summed E-state index contributed by atoms with van der Waals surface area (Å²) >= 11 is 3.41. The van der Waals surface area contributed by atoms with E-state index in [0.29, 0.717) is 5.75 Å². The second-order valence-electron chi connectivity index (χ2n) is 5.12. The second-order valence-corrected chi connectivity index (χ2v) is 6.03. The van der Waals surface area contributed by atoms with Gasteiger partial charge in [-0.2, -0.15) is 0 Å². The number of fused-ring (bicyclic) bond motifs is 1. The van der Waals surface area contributed by atoms with Crippen LogP contribution in [0, 0.1) is 11.6 Å². The third-order valence-corrected chi connectivity index (χ3v) is 3.84. The van der Waals surface area contributed by atoms with Gasteiger partial charge in [0.15, 0.2) is 18.2 Å². The van der Waals surface area contributed by atoms with Gasteiger partial charge in [-0.1, -0.05) is 28.1 Å². The molecule has 0 fully saturated rings. The highest BCUT2D eigenvalue weighted by Crippen LogP contribution is 2.24. The summed E-state index contributed by atoms with van der Waals surface area (Å²) < 4.78 is 32.4. The molecule has 0 heterocycles. The van der Waals surface area contributed by atoms with Gasteiger partial charge >= 0.3 is 0 Å². The fraction of sp³-hybridized carbons (Fsp3) is 0.0556. The Hall–Kier alpha value is -2.47. The first-order valence-corrected chi connectivity index (χ1v) is 7.87. The number of amides is 1. The van der Waals surface area contributed by atoms with Crippen LogP contribution in [0.5, 0.6) is 5.75 Å². The largest absolute Gasteiger partial charge is 0.484 e. The van der Waals surface area contributed by atoms with E-state index in [-0.39, 0.29) is 12.3 Å². The molecule has 0 aliphatic heterocycles. The number of halogens is 3. The summed E-state index contributed by atoms with van der Waals surface area (Å²) in [6.07, 6.45) is 0. The molecule has 3 aromatic carbocycles. The zero-order valence-corrected chi connectivity index (χ0v) is 13.9. The van der Waals surface area contributed by atoms with E-state index in [1.807, 2.05) is 30.3 Å². The van der Waals surface area contributed by atoms with Crippen LogP contribution in [0.3, 0.4) is 0 Å². The lowest BCUT2D eigenvalue weighted by Crippen LogP contribution is -2.20. The maximum Gasteiger partial charge on any atom is 0.262 e. The molecule has 0 aromatic heterocycles. The summed E-state index contributed by atoms with van der Waals surface area (Å²) in [5.41, 5.74) is 0.172. The Morgan fingerprint density at radius 2 is 1.71 bits per heavy atom. The third-order valence-electron chi connectivity index (χ3n) is 3.35. The molecular formula is C18H12BrF2NO2. The number of nitrogens with one attached hydrogen (secondary N) is 1. The van der Waals surface area contributed by atoms with Crippen molar-refractivity contribution in [3.8, 4) is 5.75 Å². The van der Waals surface area contributed by atoms with E-state index in [1.165, 1.54) is 6.07 Å². The Morgan fingerprint density at radius 3 is 2.50 bits per heavy atom. The van der Waals surface area contributed by atoms with Gasteiger partial charge in [0.05, 0.1) is 0 Å². The first-order chi connectivity index (χ1) is 11.5. The van der Waals surface area contributed by atoms with Crippen LogP contribution in [-0.4, -0.2) is 12.5 Å². The summed E-state index contributed by atoms with van der Waals surface area (Å²) in [7, 11) is 0. The van der Waals surface area contributed by atoms with E-state index in [2.05, 4.69) is 21.2 Å². The van der Waals surface area contributed by atoms with Crippen LogP contribution in [0.4, 0.5) is 14.5 Å². The van der Waals surface area contributed by atoms with Crippen LogP contribution >= 0.6 is 15.9 Å². The monoisotopic (exact) mass is 391 g/mol. The summed E-state index contributed by atoms with van der Waals surface area (Å²) in [6.45, 7) is -0.235. The SMILES string of the molecule is O=C(COc1ccc2cc(Br)ccc2c1)Nc1ccc(F)c(F)c1. The van der Waals surface area contributed by atoms with Gasteiger partial charge in [-0.3, -0.25) is 4.79 Å². The van der Waals surface area contributed by atoms with Crippen molar-refractivity contribution in [1.82, 2.24) is 0 Å². The lowest BCUT2D eigenvalue weighted by Gasteiger charge is -2.09. The molecule has 3 rings (SSSR count). The average molecular weight is 392 g/mol. The number of benzene rings is 3. The number of rotatable bonds is 4. The summed E-state index contributed by atoms with van der Waals surface area (Å²) in [4.78, 5) is 11.8. The molecule has 122 valence electrons. The van der Waals surface area contributed by atoms with Gasteiger partial charge in [-0.25, -0.2) is 8.78 Å². The number of carbonyl (C=O) groups excluding carboxylic acids is 1. The number of anilines is 1. The van der Waals surface area contributed by atoms with Gasteiger partial charge in [-0.15, -0.1) is 0 Å². The van der Waals surface area contributed by atoms with Crippen molar-refractivity contribution in [3.05, 3.63) is 70.7 Å². The van der Waals surface area contributed by atoms with E-state index >= 15 is 0 Å². The molecule has 0 saturated carbocycles. The Morgan fingerprint density at radius 1 is 0.958 bits per heavy atom. The molecule has 0 unspecified atom stereocenters. The maximum absolute atomic E-state index is 13.1. The molecule has 0 bridgehead atoms. The van der Waals surface area contributed by atoms with Gasteiger partial charge in [0, 0.05) is 16.2 Å². The molecule has 3 aromatic rings. The predicted octanol–water partition coefficient (Wildman–Crippen LogP) is 4.90. The first kappa shape index (κ1) is 16.4. The van der Waals surface area contributed by atoms with Gasteiger partial charge in [0.2, 0.25) is 0 Å². The number of hydrogen-bond donors (Lipinski definition) is 1. The molecule has 0 aliphatic rings. The molecule has 6 heteroatoms. The van der Waals surface area contributed by atoms with E-state index in [4.69, 9.17) is 4.74 Å². The summed E-state index contributed by atoms with van der Waals surface area (Å²) in [5, 5.41) is 4.48. The zero-order valence-electron chi connectivity index (χ0n) is 12.4. The number of hydrogen-bond acceptors (Lipinski definition) is 2. The Kier molecular flexibility index (Phi) is 4.76. The Balaban J connectivity index is 1.63. The summed E-state index contributed by atoms with van der Waals surface area (Å²) in [6, 6.07) is 14.5. The number of ether oxygens (including phenoxy) is 1. The van der Waals surface area contributed by atoms with Crippen molar-refractivity contribution in [2.75, 3.05) is 11.9 Å². The van der Waals surface area contributed by atoms with Gasteiger partial charge in [0.25, 0.3) is 5.91 Å². The minimum atomic E-state index is -1.02. The van der Waals surface area contributed by atoms with Crippen molar-refractivity contribution < 1.29 is 18.3 Å². The second kappa shape index (κ2) is 6.97. The van der Waals surface area contributed by atoms with Crippen LogP contribution < -0.4 is 10.1 Å². The Labute approximate surface area is 145 Å². The molecule has 3 nitrogen and oxygen atoms in total. The molecule has 1 N–H and O–H groups in total. The topological polar surface area (TPSA) is 38.3 Å². The van der Waals surface area contributed by atoms with Crippen molar-refractivity contribution in [2.24, 2.45) is 0 Å². The highest BCUT2D eigenvalue weighted by molar-refractivity contribution is 9.10. The number of carbonyl (C=O) groups is 1. The molecule has 0 spiro atoms. The van der Waals surface area contributed by atoms with E-state index in [1.54, 1.807) is 6.07 Å². The van der Waals surface area contributed by atoms with Crippen LogP contribution in [0.2, 0.25) is 0 Å². The van der Waals surface area contributed by atoms with Crippen molar-refractivity contribution >= 4 is 38.3 Å². The molecule has 0 radical (unpaired) electrons. The molecular weight excluding hydrogens is 380 g/mol. The molecule has 24 heavy (non-hydrogen) atoms. The maximum atomic E-state index is 13.1. The van der Waals surface area contributed by atoms with Crippen LogP contribution in [0.25, 0.3) is 10.8 Å². The van der Waals surface area contributed by atoms with Gasteiger partial charge < -0.3 is 10.1 Å². The van der Waals surface area contributed by atoms with Crippen molar-refractivity contribution in [3.63, 3.8) is 0 Å². The quantitative estimate of drug-likeness (QED) is 0.686. The lowest BCUT2D eigenvalue weighted by molar-refractivity contribution is -0.118. The molecule has 0 saturated heterocycles. The minimum absolute atomic E-state index is 0.172. The fourth-order valence-electron chi connectivity index (χ4n) is 2.20. The fourth-order valence-corrected chi connectivity index (χ4v) is 2.58. The zero-order chi connectivity index (χ0) is 17.1. The Bertz CT molecular complexity index is 915. The normalized spacial score (nSPS) is 10.6. The molecule has 0 aliphatic carbocycles. The minimum Gasteiger partial charge on any atom is -0.484 e. The van der Waals surface area contributed by atoms with Crippen molar-refractivity contribution in [2.45, 2.75) is 0 Å². The van der Waals surface area contributed by atoms with Gasteiger partial charge in [0.1, 0.15) is 5.75 Å². The third kappa shape index (κ3) is 3.89. The highest BCUT2D eigenvalue weighted by atomic mass is 79.9. The van der Waals surface area contributed by atoms with E-state index < -0.39 is 17.5 Å². The predicted molar refractivity (Wildman–Crippen MR) is 92.1 cm³/mol. The standard InChI is InChI=1S/C18H12BrF2NO2/c19-13-3-1-12-8-15(5-2-11(12)7-13)24-10-18(23)22-14-4-6-16(20)17(21)9-14/h1-9H,10H2,(H,22,23). The van der Waals surface area contributed by atoms with Crippen LogP contribution in [0.1, 0.15) is 0 Å².